The van der Waals surface area contributed by atoms with Crippen LogP contribution in [0.3, 0.4) is 0 Å². The molecule has 1 heterocycles. The average Bonchev–Trinajstić information content (AvgIpc) is 2.94. The number of guanidine groups is 1. The van der Waals surface area contributed by atoms with Crippen molar-refractivity contribution in [3.8, 4) is 0 Å². The lowest BCUT2D eigenvalue weighted by atomic mass is 10.1. The Hall–Kier alpha value is -1.57. The number of aryl methyl sites for hydroxylation is 2. The molecule has 2 aromatic rings. The molecule has 0 bridgehead atoms. The van der Waals surface area contributed by atoms with Crippen molar-refractivity contribution in [3.05, 3.63) is 53.3 Å². The van der Waals surface area contributed by atoms with E-state index < -0.39 is 0 Å². The summed E-state index contributed by atoms with van der Waals surface area (Å²) in [6, 6.07) is 8.48. The summed E-state index contributed by atoms with van der Waals surface area (Å²) in [5.74, 6) is 0.944. The van der Waals surface area contributed by atoms with Crippen LogP contribution in [0.1, 0.15) is 23.6 Å². The van der Waals surface area contributed by atoms with Crippen molar-refractivity contribution in [2.45, 2.75) is 26.8 Å². The Bertz CT molecular complexity index is 650. The summed E-state index contributed by atoms with van der Waals surface area (Å²) in [7, 11) is 4.02. The molecule has 6 heteroatoms. The average molecular weight is 441 g/mol. The second-order valence-corrected chi connectivity index (χ2v) is 5.79. The minimum Gasteiger partial charge on any atom is -0.357 e. The van der Waals surface area contributed by atoms with Gasteiger partial charge in [0.1, 0.15) is 0 Å². The number of nitrogens with zero attached hydrogens (tertiary/aromatic N) is 4. The van der Waals surface area contributed by atoms with Crippen LogP contribution in [0.2, 0.25) is 0 Å². The van der Waals surface area contributed by atoms with Gasteiger partial charge in [-0.15, -0.1) is 24.0 Å². The number of benzene rings is 1. The van der Waals surface area contributed by atoms with Crippen molar-refractivity contribution in [2.75, 3.05) is 20.1 Å². The van der Waals surface area contributed by atoms with Crippen LogP contribution in [0.15, 0.2) is 41.7 Å². The maximum atomic E-state index is 4.74. The minimum atomic E-state index is 0. The maximum Gasteiger partial charge on any atom is 0.193 e. The van der Waals surface area contributed by atoms with E-state index >= 15 is 0 Å². The summed E-state index contributed by atoms with van der Waals surface area (Å²) in [6.45, 7) is 6.72. The summed E-state index contributed by atoms with van der Waals surface area (Å²) in [5, 5.41) is 7.56. The van der Waals surface area contributed by atoms with E-state index in [1.807, 2.05) is 24.1 Å². The molecule has 0 unspecified atom stereocenters. The minimum absolute atomic E-state index is 0. The van der Waals surface area contributed by atoms with Gasteiger partial charge >= 0.3 is 0 Å². The fraction of sp³-hybridized carbons (Fsp3) is 0.444. The Kier molecular flexibility index (Phi) is 8.81. The van der Waals surface area contributed by atoms with Crippen molar-refractivity contribution in [1.82, 2.24) is 20.0 Å². The Morgan fingerprint density at radius 2 is 2.08 bits per heavy atom. The molecular weight excluding hydrogens is 413 g/mol. The van der Waals surface area contributed by atoms with E-state index in [1.54, 1.807) is 0 Å². The Labute approximate surface area is 162 Å². The third-order valence-corrected chi connectivity index (χ3v) is 3.79. The molecule has 132 valence electrons. The highest BCUT2D eigenvalue weighted by Gasteiger charge is 2.07. The van der Waals surface area contributed by atoms with Gasteiger partial charge in [-0.1, -0.05) is 24.3 Å². The molecule has 1 aromatic heterocycles. The van der Waals surface area contributed by atoms with Gasteiger partial charge in [0.15, 0.2) is 5.96 Å². The van der Waals surface area contributed by atoms with Crippen molar-refractivity contribution >= 4 is 29.9 Å². The van der Waals surface area contributed by atoms with E-state index in [9.17, 15) is 0 Å². The number of aromatic nitrogens is 2. The molecule has 1 aromatic carbocycles. The van der Waals surface area contributed by atoms with Crippen LogP contribution in [-0.2, 0) is 20.0 Å². The van der Waals surface area contributed by atoms with Gasteiger partial charge in [-0.05, 0) is 37.0 Å². The third-order valence-electron chi connectivity index (χ3n) is 3.79. The first-order valence-electron chi connectivity index (χ1n) is 8.11. The van der Waals surface area contributed by atoms with Crippen LogP contribution in [0.5, 0.6) is 0 Å². The maximum absolute atomic E-state index is 4.74. The highest BCUT2D eigenvalue weighted by Crippen LogP contribution is 2.09. The zero-order valence-electron chi connectivity index (χ0n) is 15.0. The van der Waals surface area contributed by atoms with Crippen LogP contribution >= 0.6 is 24.0 Å². The van der Waals surface area contributed by atoms with Gasteiger partial charge in [0.2, 0.25) is 0 Å². The van der Waals surface area contributed by atoms with Gasteiger partial charge in [-0.2, -0.15) is 5.10 Å². The molecule has 0 aliphatic carbocycles. The fourth-order valence-corrected chi connectivity index (χ4v) is 2.48. The summed E-state index contributed by atoms with van der Waals surface area (Å²) < 4.78 is 1.83. The Balaban J connectivity index is 0.00000288. The fourth-order valence-electron chi connectivity index (χ4n) is 2.48. The highest BCUT2D eigenvalue weighted by atomic mass is 127. The second-order valence-electron chi connectivity index (χ2n) is 5.79. The molecule has 24 heavy (non-hydrogen) atoms. The van der Waals surface area contributed by atoms with Crippen molar-refractivity contribution in [1.29, 1.82) is 0 Å². The molecule has 0 atom stereocenters. The van der Waals surface area contributed by atoms with E-state index in [2.05, 4.69) is 60.5 Å². The molecule has 1 N–H and O–H groups in total. The lowest BCUT2D eigenvalue weighted by Crippen LogP contribution is -2.38. The van der Waals surface area contributed by atoms with Gasteiger partial charge in [-0.25, -0.2) is 0 Å². The highest BCUT2D eigenvalue weighted by molar-refractivity contribution is 14.0. The first-order chi connectivity index (χ1) is 11.1. The van der Waals surface area contributed by atoms with E-state index in [4.69, 9.17) is 4.99 Å². The van der Waals surface area contributed by atoms with Crippen molar-refractivity contribution < 1.29 is 0 Å². The topological polar surface area (TPSA) is 45.5 Å². The standard InChI is InChI=1S/C18H27N5.HI/c1-5-19-18(20-11-10-16-12-21-23(4)13-16)22(3)14-17-9-7-6-8-15(17)2;/h6-9,12-13H,5,10-11,14H2,1-4H3,(H,19,20);1H. The van der Waals surface area contributed by atoms with Gasteiger partial charge in [0.25, 0.3) is 0 Å². The normalized spacial score (nSPS) is 11.1. The predicted octanol–water partition coefficient (Wildman–Crippen LogP) is 2.99. The summed E-state index contributed by atoms with van der Waals surface area (Å²) in [5.41, 5.74) is 3.85. The number of nitrogens with one attached hydrogen (secondary N) is 1. The molecule has 0 saturated heterocycles. The van der Waals surface area contributed by atoms with Gasteiger partial charge in [0, 0.05) is 39.9 Å². The lowest BCUT2D eigenvalue weighted by molar-refractivity contribution is 0.476. The molecule has 0 aliphatic rings. The van der Waals surface area contributed by atoms with Crippen LogP contribution in [-0.4, -0.2) is 40.8 Å². The SMILES string of the molecule is CCNC(=NCCc1cnn(C)c1)N(C)Cc1ccccc1C.I. The monoisotopic (exact) mass is 441 g/mol. The molecule has 0 spiro atoms. The van der Waals surface area contributed by atoms with Gasteiger partial charge in [-0.3, -0.25) is 9.67 Å². The van der Waals surface area contributed by atoms with Gasteiger partial charge in [0.05, 0.1) is 6.20 Å². The molecule has 5 nitrogen and oxygen atoms in total. The molecule has 0 aliphatic heterocycles. The summed E-state index contributed by atoms with van der Waals surface area (Å²) >= 11 is 0. The predicted molar refractivity (Wildman–Crippen MR) is 111 cm³/mol. The van der Waals surface area contributed by atoms with E-state index in [0.29, 0.717) is 0 Å². The van der Waals surface area contributed by atoms with Gasteiger partial charge < -0.3 is 10.2 Å². The Morgan fingerprint density at radius 3 is 2.71 bits per heavy atom. The first-order valence-corrected chi connectivity index (χ1v) is 8.11. The zero-order valence-corrected chi connectivity index (χ0v) is 17.3. The number of halogens is 1. The summed E-state index contributed by atoms with van der Waals surface area (Å²) in [6.07, 6.45) is 4.85. The van der Waals surface area contributed by atoms with Crippen LogP contribution in [0.25, 0.3) is 0 Å². The van der Waals surface area contributed by atoms with Crippen LogP contribution in [0.4, 0.5) is 0 Å². The molecule has 2 rings (SSSR count). The number of rotatable bonds is 6. The number of aliphatic imine (C=N–C) groups is 1. The van der Waals surface area contributed by atoms with E-state index in [-0.39, 0.29) is 24.0 Å². The molecule has 0 saturated carbocycles. The smallest absolute Gasteiger partial charge is 0.193 e. The van der Waals surface area contributed by atoms with E-state index in [0.717, 1.165) is 32.0 Å². The largest absolute Gasteiger partial charge is 0.357 e. The zero-order chi connectivity index (χ0) is 16.7. The molecule has 0 radical (unpaired) electrons. The van der Waals surface area contributed by atoms with Crippen LogP contribution < -0.4 is 5.32 Å². The lowest BCUT2D eigenvalue weighted by Gasteiger charge is -2.23. The van der Waals surface area contributed by atoms with E-state index in [1.165, 1.54) is 16.7 Å². The second kappa shape index (κ2) is 10.3. The molecular formula is C18H28IN5. The third kappa shape index (κ3) is 6.14. The number of hydrogen-bond donors (Lipinski definition) is 1. The number of hydrogen-bond acceptors (Lipinski definition) is 2. The quantitative estimate of drug-likeness (QED) is 0.426. The van der Waals surface area contributed by atoms with Crippen molar-refractivity contribution in [2.24, 2.45) is 12.0 Å². The van der Waals surface area contributed by atoms with Crippen molar-refractivity contribution in [3.63, 3.8) is 0 Å². The molecule has 0 amide bonds. The molecule has 0 fully saturated rings. The first kappa shape index (κ1) is 20.5. The Morgan fingerprint density at radius 1 is 1.33 bits per heavy atom. The van der Waals surface area contributed by atoms with Crippen LogP contribution in [0, 0.1) is 6.92 Å². The summed E-state index contributed by atoms with van der Waals surface area (Å²) in [4.78, 5) is 6.91.